The number of H-pyrrole nitrogens is 1. The van der Waals surface area contributed by atoms with Crippen LogP contribution in [0.2, 0.25) is 0 Å². The van der Waals surface area contributed by atoms with Crippen molar-refractivity contribution in [2.75, 3.05) is 26.2 Å². The Balaban J connectivity index is 1.22. The summed E-state index contributed by atoms with van der Waals surface area (Å²) in [6.45, 7) is 1.59. The number of halogens is 1. The number of aromatic amines is 1. The first-order chi connectivity index (χ1) is 15.9. The number of amides is 1. The number of benzene rings is 1. The Morgan fingerprint density at radius 3 is 2.61 bits per heavy atom. The number of hydrogen-bond acceptors (Lipinski definition) is 4. The fraction of sp³-hybridized carbons (Fsp3) is 0.333. The Bertz CT molecular complexity index is 1330. The van der Waals surface area contributed by atoms with Gasteiger partial charge in [-0.2, -0.15) is 4.31 Å². The van der Waals surface area contributed by atoms with Gasteiger partial charge in [-0.1, -0.05) is 18.2 Å². The zero-order chi connectivity index (χ0) is 23.0. The maximum atomic E-state index is 14.0. The Labute approximate surface area is 192 Å². The molecule has 0 unspecified atom stereocenters. The van der Waals surface area contributed by atoms with Crippen molar-refractivity contribution in [3.63, 3.8) is 0 Å². The van der Waals surface area contributed by atoms with Crippen LogP contribution in [-0.4, -0.2) is 59.7 Å². The molecule has 1 saturated heterocycles. The van der Waals surface area contributed by atoms with Crippen molar-refractivity contribution in [3.8, 4) is 0 Å². The molecule has 0 bridgehead atoms. The number of sulfonamides is 1. The topological polar surface area (TPSA) is 86.4 Å². The highest BCUT2D eigenvalue weighted by Crippen LogP contribution is 2.30. The number of nitrogens with one attached hydrogen (secondary N) is 1. The van der Waals surface area contributed by atoms with Gasteiger partial charge in [0.1, 0.15) is 16.4 Å². The van der Waals surface area contributed by atoms with Crippen LogP contribution >= 0.6 is 0 Å². The lowest BCUT2D eigenvalue weighted by Gasteiger charge is -2.34. The first-order valence-corrected chi connectivity index (χ1v) is 12.5. The Hall–Kier alpha value is -3.04. The van der Waals surface area contributed by atoms with Gasteiger partial charge in [0.05, 0.1) is 0 Å². The largest absolute Gasteiger partial charge is 0.346 e. The molecule has 0 aliphatic carbocycles. The predicted octanol–water partition coefficient (Wildman–Crippen LogP) is 3.42. The van der Waals surface area contributed by atoms with Gasteiger partial charge in [-0.15, -0.1) is 0 Å². The van der Waals surface area contributed by atoms with Crippen molar-refractivity contribution in [1.29, 1.82) is 0 Å². The highest BCUT2D eigenvalue weighted by atomic mass is 32.2. The smallest absolute Gasteiger partial charge is 0.245 e. The molecule has 2 aromatic heterocycles. The number of rotatable bonds is 4. The average molecular weight is 469 g/mol. The Morgan fingerprint density at radius 1 is 1.09 bits per heavy atom. The van der Waals surface area contributed by atoms with E-state index in [9.17, 15) is 17.6 Å². The van der Waals surface area contributed by atoms with E-state index >= 15 is 0 Å². The summed E-state index contributed by atoms with van der Waals surface area (Å²) in [5, 5.41) is 1.08. The van der Waals surface area contributed by atoms with E-state index in [1.165, 1.54) is 28.1 Å². The van der Waals surface area contributed by atoms with E-state index in [4.69, 9.17) is 0 Å². The van der Waals surface area contributed by atoms with Crippen LogP contribution < -0.4 is 0 Å². The average Bonchev–Trinajstić information content (AvgIpc) is 3.28. The summed E-state index contributed by atoms with van der Waals surface area (Å²) in [6, 6.07) is 9.36. The van der Waals surface area contributed by atoms with E-state index in [0.717, 1.165) is 29.1 Å². The molecule has 0 atom stereocenters. The minimum atomic E-state index is -3.90. The van der Waals surface area contributed by atoms with Gasteiger partial charge >= 0.3 is 0 Å². The fourth-order valence-electron chi connectivity index (χ4n) is 4.73. The minimum absolute atomic E-state index is 0.0637. The predicted molar refractivity (Wildman–Crippen MR) is 123 cm³/mol. The number of piperidine rings is 1. The summed E-state index contributed by atoms with van der Waals surface area (Å²) in [6.07, 6.45) is 7.45. The lowest BCUT2D eigenvalue weighted by atomic mass is 9.94. The molecule has 9 heteroatoms. The van der Waals surface area contributed by atoms with Crippen LogP contribution in [0, 0.1) is 11.7 Å². The van der Waals surface area contributed by atoms with Gasteiger partial charge in [0.15, 0.2) is 0 Å². The SMILES string of the molecule is O=C(C1CCN(S(=O)(=O)c2ccccc2F)CC1)N1CC=C(c2c[nH]c3ncccc23)CC1. The minimum Gasteiger partial charge on any atom is -0.346 e. The molecular weight excluding hydrogens is 443 g/mol. The molecule has 4 heterocycles. The molecular formula is C24H25FN4O3S. The second-order valence-electron chi connectivity index (χ2n) is 8.47. The standard InChI is InChI=1S/C24H25FN4O3S/c25-21-5-1-2-6-22(21)33(31,32)29-14-9-18(10-15-29)24(30)28-12-7-17(8-13-28)20-16-27-23-19(20)4-3-11-26-23/h1-7,11,16,18H,8-10,12-15H2,(H,26,27). The molecule has 5 rings (SSSR count). The molecule has 172 valence electrons. The van der Waals surface area contributed by atoms with Crippen LogP contribution in [0.25, 0.3) is 16.6 Å². The van der Waals surface area contributed by atoms with Crippen LogP contribution in [0.5, 0.6) is 0 Å². The molecule has 1 amide bonds. The highest BCUT2D eigenvalue weighted by Gasteiger charge is 2.35. The van der Waals surface area contributed by atoms with Crippen molar-refractivity contribution >= 4 is 32.5 Å². The molecule has 0 saturated carbocycles. The first kappa shape index (κ1) is 21.8. The Morgan fingerprint density at radius 2 is 1.88 bits per heavy atom. The molecule has 2 aliphatic heterocycles. The first-order valence-electron chi connectivity index (χ1n) is 11.1. The van der Waals surface area contributed by atoms with E-state index in [0.29, 0.717) is 25.9 Å². The summed E-state index contributed by atoms with van der Waals surface area (Å²) in [5.74, 6) is -0.907. The number of carbonyl (C=O) groups excluding carboxylic acids is 1. The highest BCUT2D eigenvalue weighted by molar-refractivity contribution is 7.89. The second kappa shape index (κ2) is 8.72. The summed E-state index contributed by atoms with van der Waals surface area (Å²) in [5.41, 5.74) is 3.17. The molecule has 1 N–H and O–H groups in total. The van der Waals surface area contributed by atoms with E-state index in [1.807, 2.05) is 23.2 Å². The number of hydrogen-bond donors (Lipinski definition) is 1. The van der Waals surface area contributed by atoms with E-state index in [1.54, 1.807) is 6.20 Å². The van der Waals surface area contributed by atoms with Crippen molar-refractivity contribution in [1.82, 2.24) is 19.2 Å². The lowest BCUT2D eigenvalue weighted by Crippen LogP contribution is -2.45. The zero-order valence-electron chi connectivity index (χ0n) is 18.1. The maximum absolute atomic E-state index is 14.0. The number of aromatic nitrogens is 2. The zero-order valence-corrected chi connectivity index (χ0v) is 18.9. The van der Waals surface area contributed by atoms with E-state index < -0.39 is 15.8 Å². The molecule has 1 fully saturated rings. The monoisotopic (exact) mass is 468 g/mol. The molecule has 0 radical (unpaired) electrons. The van der Waals surface area contributed by atoms with Crippen LogP contribution in [0.3, 0.4) is 0 Å². The van der Waals surface area contributed by atoms with Crippen LogP contribution in [0.4, 0.5) is 4.39 Å². The molecule has 7 nitrogen and oxygen atoms in total. The third-order valence-corrected chi connectivity index (χ3v) is 8.51. The van der Waals surface area contributed by atoms with Crippen LogP contribution in [0.15, 0.2) is 59.8 Å². The van der Waals surface area contributed by atoms with Gasteiger partial charge in [-0.3, -0.25) is 4.79 Å². The van der Waals surface area contributed by atoms with Gasteiger partial charge in [0, 0.05) is 55.4 Å². The van der Waals surface area contributed by atoms with Gasteiger partial charge in [-0.25, -0.2) is 17.8 Å². The third-order valence-electron chi connectivity index (χ3n) is 6.58. The van der Waals surface area contributed by atoms with Crippen LogP contribution in [-0.2, 0) is 14.8 Å². The van der Waals surface area contributed by atoms with E-state index in [2.05, 4.69) is 16.0 Å². The summed E-state index contributed by atoms with van der Waals surface area (Å²) < 4.78 is 40.9. The lowest BCUT2D eigenvalue weighted by molar-refractivity contribution is -0.136. The second-order valence-corrected chi connectivity index (χ2v) is 10.4. The van der Waals surface area contributed by atoms with E-state index in [-0.39, 0.29) is 29.8 Å². The number of carbonyl (C=O) groups is 1. The molecule has 33 heavy (non-hydrogen) atoms. The molecule has 2 aliphatic rings. The Kier molecular flexibility index (Phi) is 5.76. The number of fused-ring (bicyclic) bond motifs is 1. The number of nitrogens with zero attached hydrogens (tertiary/aromatic N) is 3. The van der Waals surface area contributed by atoms with Gasteiger partial charge < -0.3 is 9.88 Å². The maximum Gasteiger partial charge on any atom is 0.245 e. The summed E-state index contributed by atoms with van der Waals surface area (Å²) in [7, 11) is -3.90. The number of pyridine rings is 1. The van der Waals surface area contributed by atoms with Crippen molar-refractivity contribution in [2.45, 2.75) is 24.2 Å². The molecule has 0 spiro atoms. The quantitative estimate of drug-likeness (QED) is 0.636. The fourth-order valence-corrected chi connectivity index (χ4v) is 6.26. The van der Waals surface area contributed by atoms with Crippen molar-refractivity contribution in [2.24, 2.45) is 5.92 Å². The van der Waals surface area contributed by atoms with Gasteiger partial charge in [0.2, 0.25) is 15.9 Å². The van der Waals surface area contributed by atoms with Gasteiger partial charge in [0.25, 0.3) is 0 Å². The van der Waals surface area contributed by atoms with Crippen molar-refractivity contribution < 1.29 is 17.6 Å². The summed E-state index contributed by atoms with van der Waals surface area (Å²) in [4.78, 5) is 22.2. The van der Waals surface area contributed by atoms with Gasteiger partial charge in [-0.05, 0) is 49.1 Å². The normalized spacial score (nSPS) is 18.5. The summed E-state index contributed by atoms with van der Waals surface area (Å²) >= 11 is 0. The van der Waals surface area contributed by atoms with Crippen LogP contribution in [0.1, 0.15) is 24.8 Å². The van der Waals surface area contributed by atoms with Crippen molar-refractivity contribution in [3.05, 3.63) is 66.2 Å². The molecule has 3 aromatic rings. The third kappa shape index (κ3) is 4.06. The molecule has 1 aromatic carbocycles.